The number of halogens is 4. The van der Waals surface area contributed by atoms with Gasteiger partial charge in [-0.2, -0.15) is 8.78 Å². The minimum atomic E-state index is -3.18. The predicted molar refractivity (Wildman–Crippen MR) is 120 cm³/mol. The van der Waals surface area contributed by atoms with E-state index in [0.717, 1.165) is 6.07 Å². The molecule has 0 spiro atoms. The van der Waals surface area contributed by atoms with Crippen LogP contribution in [0.5, 0.6) is 11.5 Å². The molecular formula is C26H19F4NO4. The summed E-state index contributed by atoms with van der Waals surface area (Å²) in [4.78, 5) is 11.7. The standard InChI is InChI=1S/C26H19F4NO4/c1-15-2-10-22(31(15)19-8-11-23(35-26(29)30)21(13-19)25(32)33)20-9-7-18(28)12-24(20)34-14-16-3-5-17(27)6-4-16/h2-13,26H,14H2,1H3,(H,32,33). The molecule has 1 N–H and O–H groups in total. The van der Waals surface area contributed by atoms with Gasteiger partial charge in [-0.3, -0.25) is 0 Å². The minimum Gasteiger partial charge on any atom is -0.488 e. The van der Waals surface area contributed by atoms with Crippen molar-refractivity contribution in [3.63, 3.8) is 0 Å². The second-order valence-electron chi connectivity index (χ2n) is 7.62. The molecule has 0 aliphatic rings. The molecule has 3 aromatic carbocycles. The zero-order valence-corrected chi connectivity index (χ0v) is 18.3. The summed E-state index contributed by atoms with van der Waals surface area (Å²) in [5, 5.41) is 9.51. The molecular weight excluding hydrogens is 466 g/mol. The van der Waals surface area contributed by atoms with Gasteiger partial charge in [0, 0.05) is 23.0 Å². The number of carboxylic acid groups (broad SMARTS) is 1. The Morgan fingerprint density at radius 3 is 2.31 bits per heavy atom. The Kier molecular flexibility index (Phi) is 6.77. The second kappa shape index (κ2) is 9.92. The number of nitrogens with zero attached hydrogens (tertiary/aromatic N) is 1. The third-order valence-corrected chi connectivity index (χ3v) is 5.27. The van der Waals surface area contributed by atoms with E-state index in [9.17, 15) is 27.5 Å². The molecule has 1 aromatic heterocycles. The molecule has 0 saturated carbocycles. The summed E-state index contributed by atoms with van der Waals surface area (Å²) < 4.78 is 64.5. The summed E-state index contributed by atoms with van der Waals surface area (Å²) in [7, 11) is 0. The Morgan fingerprint density at radius 1 is 0.914 bits per heavy atom. The summed E-state index contributed by atoms with van der Waals surface area (Å²) in [5.41, 5.74) is 2.37. The van der Waals surface area contributed by atoms with Crippen molar-refractivity contribution in [2.45, 2.75) is 20.1 Å². The largest absolute Gasteiger partial charge is 0.488 e. The van der Waals surface area contributed by atoms with Crippen molar-refractivity contribution in [3.8, 4) is 28.4 Å². The van der Waals surface area contributed by atoms with Crippen LogP contribution in [-0.2, 0) is 6.61 Å². The van der Waals surface area contributed by atoms with Crippen molar-refractivity contribution in [1.29, 1.82) is 0 Å². The van der Waals surface area contributed by atoms with Gasteiger partial charge in [-0.1, -0.05) is 12.1 Å². The zero-order valence-electron chi connectivity index (χ0n) is 18.3. The Balaban J connectivity index is 1.75. The molecule has 180 valence electrons. The molecule has 0 amide bonds. The number of aromatic nitrogens is 1. The lowest BCUT2D eigenvalue weighted by atomic mass is 10.1. The first-order valence-corrected chi connectivity index (χ1v) is 10.4. The fourth-order valence-electron chi connectivity index (χ4n) is 3.68. The van der Waals surface area contributed by atoms with Crippen molar-refractivity contribution in [3.05, 3.63) is 101 Å². The highest BCUT2D eigenvalue weighted by molar-refractivity contribution is 5.91. The maximum atomic E-state index is 14.1. The van der Waals surface area contributed by atoms with E-state index in [-0.39, 0.29) is 18.2 Å². The maximum Gasteiger partial charge on any atom is 0.387 e. The number of carbonyl (C=O) groups is 1. The molecule has 1 heterocycles. The minimum absolute atomic E-state index is 0.0548. The number of benzene rings is 3. The molecule has 4 aromatic rings. The average molecular weight is 485 g/mol. The summed E-state index contributed by atoms with van der Waals surface area (Å²) in [6, 6.07) is 17.0. The monoisotopic (exact) mass is 485 g/mol. The van der Waals surface area contributed by atoms with Gasteiger partial charge in [0.1, 0.15) is 35.3 Å². The summed E-state index contributed by atoms with van der Waals surface area (Å²) in [6.07, 6.45) is 0. The van der Waals surface area contributed by atoms with E-state index in [1.807, 2.05) is 0 Å². The number of hydrogen-bond acceptors (Lipinski definition) is 3. The van der Waals surface area contributed by atoms with Crippen LogP contribution in [0.25, 0.3) is 16.9 Å². The highest BCUT2D eigenvalue weighted by atomic mass is 19.3. The number of alkyl halides is 2. The van der Waals surface area contributed by atoms with Crippen LogP contribution in [0.15, 0.2) is 72.8 Å². The molecule has 0 bridgehead atoms. The molecule has 0 fully saturated rings. The SMILES string of the molecule is Cc1ccc(-c2ccc(F)cc2OCc2ccc(F)cc2)n1-c1ccc(OC(F)F)c(C(=O)O)c1. The summed E-state index contributed by atoms with van der Waals surface area (Å²) in [5.74, 6) is -2.60. The lowest BCUT2D eigenvalue weighted by Gasteiger charge is -2.17. The third kappa shape index (κ3) is 5.29. The number of ether oxygens (including phenoxy) is 2. The van der Waals surface area contributed by atoms with Crippen LogP contribution < -0.4 is 9.47 Å². The van der Waals surface area contributed by atoms with Gasteiger partial charge in [-0.05, 0) is 67.1 Å². The van der Waals surface area contributed by atoms with E-state index in [2.05, 4.69) is 4.74 Å². The van der Waals surface area contributed by atoms with Crippen LogP contribution in [0.3, 0.4) is 0 Å². The maximum absolute atomic E-state index is 14.1. The van der Waals surface area contributed by atoms with Gasteiger partial charge < -0.3 is 19.1 Å². The topological polar surface area (TPSA) is 60.7 Å². The van der Waals surface area contributed by atoms with Crippen LogP contribution in [0, 0.1) is 18.6 Å². The highest BCUT2D eigenvalue weighted by Crippen LogP contribution is 2.35. The quantitative estimate of drug-likeness (QED) is 0.285. The van der Waals surface area contributed by atoms with Crippen LogP contribution >= 0.6 is 0 Å². The smallest absolute Gasteiger partial charge is 0.387 e. The van der Waals surface area contributed by atoms with Crippen LogP contribution in [0.4, 0.5) is 17.6 Å². The van der Waals surface area contributed by atoms with Crippen molar-refractivity contribution in [2.75, 3.05) is 0 Å². The fourth-order valence-corrected chi connectivity index (χ4v) is 3.68. The van der Waals surface area contributed by atoms with Crippen molar-refractivity contribution in [2.24, 2.45) is 0 Å². The van der Waals surface area contributed by atoms with E-state index in [0.29, 0.717) is 28.2 Å². The van der Waals surface area contributed by atoms with E-state index in [4.69, 9.17) is 4.74 Å². The first-order chi connectivity index (χ1) is 16.7. The molecule has 9 heteroatoms. The lowest BCUT2D eigenvalue weighted by Crippen LogP contribution is -2.09. The number of rotatable bonds is 8. The number of carboxylic acids is 1. The van der Waals surface area contributed by atoms with Crippen LogP contribution in [-0.4, -0.2) is 22.3 Å². The Hall–Kier alpha value is -4.27. The van der Waals surface area contributed by atoms with Gasteiger partial charge in [0.15, 0.2) is 0 Å². The Bertz CT molecular complexity index is 1370. The van der Waals surface area contributed by atoms with Gasteiger partial charge in [-0.25, -0.2) is 13.6 Å². The fraction of sp³-hybridized carbons (Fsp3) is 0.115. The number of aromatic carboxylic acids is 1. The second-order valence-corrected chi connectivity index (χ2v) is 7.62. The Morgan fingerprint density at radius 2 is 1.63 bits per heavy atom. The van der Waals surface area contributed by atoms with Crippen molar-refractivity contribution >= 4 is 5.97 Å². The van der Waals surface area contributed by atoms with Crippen molar-refractivity contribution < 1.29 is 36.9 Å². The van der Waals surface area contributed by atoms with Crippen molar-refractivity contribution in [1.82, 2.24) is 4.57 Å². The third-order valence-electron chi connectivity index (χ3n) is 5.27. The molecule has 0 aliphatic carbocycles. The van der Waals surface area contributed by atoms with Gasteiger partial charge in [0.25, 0.3) is 0 Å². The van der Waals surface area contributed by atoms with Crippen LogP contribution in [0.2, 0.25) is 0 Å². The molecule has 0 atom stereocenters. The van der Waals surface area contributed by atoms with Gasteiger partial charge >= 0.3 is 12.6 Å². The van der Waals surface area contributed by atoms with E-state index in [1.54, 1.807) is 35.8 Å². The zero-order chi connectivity index (χ0) is 25.1. The molecule has 0 radical (unpaired) electrons. The van der Waals surface area contributed by atoms with Crippen LogP contribution in [0.1, 0.15) is 21.6 Å². The number of hydrogen-bond donors (Lipinski definition) is 1. The summed E-state index contributed by atoms with van der Waals surface area (Å²) in [6.45, 7) is -1.35. The molecule has 0 saturated heterocycles. The first kappa shape index (κ1) is 23.9. The molecule has 0 aliphatic heterocycles. The van der Waals surface area contributed by atoms with E-state index >= 15 is 0 Å². The molecule has 0 unspecified atom stereocenters. The lowest BCUT2D eigenvalue weighted by molar-refractivity contribution is -0.0503. The van der Waals surface area contributed by atoms with E-state index in [1.165, 1.54) is 42.5 Å². The molecule has 35 heavy (non-hydrogen) atoms. The normalized spacial score (nSPS) is 11.0. The number of aryl methyl sites for hydroxylation is 1. The predicted octanol–water partition coefficient (Wildman–Crippen LogP) is 6.61. The van der Waals surface area contributed by atoms with Gasteiger partial charge in [0.05, 0.1) is 5.69 Å². The average Bonchev–Trinajstić information content (AvgIpc) is 3.19. The highest BCUT2D eigenvalue weighted by Gasteiger charge is 2.20. The Labute approximate surface area is 197 Å². The van der Waals surface area contributed by atoms with Gasteiger partial charge in [0.2, 0.25) is 0 Å². The first-order valence-electron chi connectivity index (χ1n) is 10.4. The van der Waals surface area contributed by atoms with E-state index < -0.39 is 29.7 Å². The molecule has 4 rings (SSSR count). The van der Waals surface area contributed by atoms with Gasteiger partial charge in [-0.15, -0.1) is 0 Å². The summed E-state index contributed by atoms with van der Waals surface area (Å²) >= 11 is 0. The molecule has 5 nitrogen and oxygen atoms in total.